The van der Waals surface area contributed by atoms with Gasteiger partial charge in [0.25, 0.3) is 5.91 Å². The fourth-order valence-corrected chi connectivity index (χ4v) is 3.44. The molecule has 0 aliphatic heterocycles. The zero-order valence-corrected chi connectivity index (χ0v) is 14.8. The number of nitrogens with one attached hydrogen (secondary N) is 1. The molecule has 0 bridgehead atoms. The molecule has 0 radical (unpaired) electrons. The number of ether oxygens (including phenoxy) is 1. The Balaban J connectivity index is 1.76. The third-order valence-electron chi connectivity index (χ3n) is 4.75. The highest BCUT2D eigenvalue weighted by atomic mass is 16.5. The Kier molecular flexibility index (Phi) is 5.38. The summed E-state index contributed by atoms with van der Waals surface area (Å²) in [6.45, 7) is 4.22. The lowest BCUT2D eigenvalue weighted by Gasteiger charge is -2.13. The molecule has 2 N–H and O–H groups in total. The molecule has 0 spiro atoms. The summed E-state index contributed by atoms with van der Waals surface area (Å²) < 4.78 is 7.45. The molecule has 0 unspecified atom stereocenters. The van der Waals surface area contributed by atoms with E-state index in [1.54, 1.807) is 24.4 Å². The fourth-order valence-electron chi connectivity index (χ4n) is 3.44. The highest BCUT2D eigenvalue weighted by molar-refractivity contribution is 6.05. The number of nitrogens with zero attached hydrogens (tertiary/aromatic N) is 2. The molecule has 3 rings (SSSR count). The van der Waals surface area contributed by atoms with E-state index in [1.165, 1.54) is 12.8 Å². The average Bonchev–Trinajstić information content (AvgIpc) is 3.25. The molecular weight excluding hydrogens is 318 g/mol. The van der Waals surface area contributed by atoms with E-state index >= 15 is 0 Å². The number of hydrogen-bond donors (Lipinski definition) is 2. The largest absolute Gasteiger partial charge is 0.494 e. The van der Waals surface area contributed by atoms with Crippen molar-refractivity contribution in [3.05, 3.63) is 41.2 Å². The van der Waals surface area contributed by atoms with E-state index in [0.29, 0.717) is 35.2 Å². The van der Waals surface area contributed by atoms with E-state index < -0.39 is 0 Å². The molecule has 1 fully saturated rings. The van der Waals surface area contributed by atoms with Gasteiger partial charge in [-0.15, -0.1) is 0 Å². The monoisotopic (exact) mass is 343 g/mol. The number of aliphatic hydroxyl groups is 1. The molecule has 1 aliphatic carbocycles. The van der Waals surface area contributed by atoms with Gasteiger partial charge >= 0.3 is 0 Å². The number of rotatable bonds is 6. The van der Waals surface area contributed by atoms with Crippen LogP contribution in [0.25, 0.3) is 0 Å². The third kappa shape index (κ3) is 3.69. The number of carbonyl (C=O) groups excluding carboxylic acids is 1. The molecule has 1 amide bonds. The molecule has 1 aromatic heterocycles. The second kappa shape index (κ2) is 7.70. The standard InChI is InChI=1S/C19H25N3O3/c1-3-25-18-9-8-15(10-14(18)12-23)21-19(24)17-11-20-22(13(17)2)16-6-4-5-7-16/h8-11,16,23H,3-7,12H2,1-2H3,(H,21,24). The van der Waals surface area contributed by atoms with Crippen LogP contribution in [-0.4, -0.2) is 27.4 Å². The first-order valence-electron chi connectivity index (χ1n) is 8.86. The summed E-state index contributed by atoms with van der Waals surface area (Å²) >= 11 is 0. The minimum Gasteiger partial charge on any atom is -0.494 e. The number of benzene rings is 1. The fraction of sp³-hybridized carbons (Fsp3) is 0.474. The molecule has 1 saturated carbocycles. The van der Waals surface area contributed by atoms with Crippen LogP contribution < -0.4 is 10.1 Å². The van der Waals surface area contributed by atoms with E-state index in [0.717, 1.165) is 18.5 Å². The smallest absolute Gasteiger partial charge is 0.259 e. The Bertz CT molecular complexity index is 748. The van der Waals surface area contributed by atoms with Gasteiger partial charge in [0.1, 0.15) is 5.75 Å². The Morgan fingerprint density at radius 1 is 1.40 bits per heavy atom. The van der Waals surface area contributed by atoms with Crippen molar-refractivity contribution in [2.24, 2.45) is 0 Å². The van der Waals surface area contributed by atoms with Crippen molar-refractivity contribution in [1.29, 1.82) is 0 Å². The van der Waals surface area contributed by atoms with Crippen LogP contribution in [0.2, 0.25) is 0 Å². The second-order valence-electron chi connectivity index (χ2n) is 6.39. The molecule has 1 aliphatic rings. The van der Waals surface area contributed by atoms with Gasteiger partial charge in [0.2, 0.25) is 0 Å². The van der Waals surface area contributed by atoms with E-state index in [1.807, 2.05) is 18.5 Å². The molecular formula is C19H25N3O3. The molecule has 134 valence electrons. The molecule has 25 heavy (non-hydrogen) atoms. The highest BCUT2D eigenvalue weighted by Crippen LogP contribution is 2.30. The van der Waals surface area contributed by atoms with Gasteiger partial charge in [-0.1, -0.05) is 12.8 Å². The van der Waals surface area contributed by atoms with Gasteiger partial charge in [0.15, 0.2) is 0 Å². The maximum Gasteiger partial charge on any atom is 0.259 e. The number of anilines is 1. The van der Waals surface area contributed by atoms with Crippen LogP contribution in [-0.2, 0) is 6.61 Å². The minimum atomic E-state index is -0.185. The summed E-state index contributed by atoms with van der Waals surface area (Å²) in [5, 5.41) is 16.8. The zero-order valence-electron chi connectivity index (χ0n) is 14.8. The summed E-state index contributed by atoms with van der Waals surface area (Å²) in [5.41, 5.74) is 2.77. The molecule has 1 aromatic carbocycles. The summed E-state index contributed by atoms with van der Waals surface area (Å²) in [5.74, 6) is 0.447. The topological polar surface area (TPSA) is 76.4 Å². The molecule has 0 atom stereocenters. The van der Waals surface area contributed by atoms with Crippen molar-refractivity contribution in [2.75, 3.05) is 11.9 Å². The van der Waals surface area contributed by atoms with Gasteiger partial charge in [0, 0.05) is 16.9 Å². The van der Waals surface area contributed by atoms with Gasteiger partial charge in [-0.05, 0) is 44.9 Å². The maximum absolute atomic E-state index is 12.6. The highest BCUT2D eigenvalue weighted by Gasteiger charge is 2.22. The summed E-state index contributed by atoms with van der Waals surface area (Å²) in [6, 6.07) is 5.69. The summed E-state index contributed by atoms with van der Waals surface area (Å²) in [7, 11) is 0. The van der Waals surface area contributed by atoms with E-state index in [-0.39, 0.29) is 12.5 Å². The second-order valence-corrected chi connectivity index (χ2v) is 6.39. The van der Waals surface area contributed by atoms with Crippen LogP contribution in [0.3, 0.4) is 0 Å². The first-order chi connectivity index (χ1) is 12.1. The van der Waals surface area contributed by atoms with Crippen molar-refractivity contribution in [1.82, 2.24) is 9.78 Å². The Hall–Kier alpha value is -2.34. The van der Waals surface area contributed by atoms with Gasteiger partial charge in [-0.3, -0.25) is 9.48 Å². The Labute approximate surface area is 147 Å². The number of carbonyl (C=O) groups is 1. The van der Waals surface area contributed by atoms with Gasteiger partial charge in [0.05, 0.1) is 31.0 Å². The van der Waals surface area contributed by atoms with E-state index in [4.69, 9.17) is 4.74 Å². The first-order valence-corrected chi connectivity index (χ1v) is 8.86. The zero-order chi connectivity index (χ0) is 17.8. The van der Waals surface area contributed by atoms with Crippen LogP contribution in [0.15, 0.2) is 24.4 Å². The van der Waals surface area contributed by atoms with Crippen molar-refractivity contribution in [3.8, 4) is 5.75 Å². The lowest BCUT2D eigenvalue weighted by Crippen LogP contribution is -2.15. The number of aromatic nitrogens is 2. The van der Waals surface area contributed by atoms with Crippen LogP contribution in [0.5, 0.6) is 5.75 Å². The first kappa shape index (κ1) is 17.5. The molecule has 2 aromatic rings. The van der Waals surface area contributed by atoms with E-state index in [2.05, 4.69) is 10.4 Å². The molecule has 6 nitrogen and oxygen atoms in total. The average molecular weight is 343 g/mol. The normalized spacial score (nSPS) is 14.7. The SMILES string of the molecule is CCOc1ccc(NC(=O)c2cnn(C3CCCC3)c2C)cc1CO. The predicted molar refractivity (Wildman–Crippen MR) is 96.0 cm³/mol. The number of hydrogen-bond acceptors (Lipinski definition) is 4. The maximum atomic E-state index is 12.6. The minimum absolute atomic E-state index is 0.141. The van der Waals surface area contributed by atoms with Crippen LogP contribution in [0.1, 0.15) is 60.3 Å². The van der Waals surface area contributed by atoms with Crippen molar-refractivity contribution in [2.45, 2.75) is 52.2 Å². The quantitative estimate of drug-likeness (QED) is 0.842. The van der Waals surface area contributed by atoms with Gasteiger partial charge in [-0.25, -0.2) is 0 Å². The van der Waals surface area contributed by atoms with Crippen molar-refractivity contribution >= 4 is 11.6 Å². The van der Waals surface area contributed by atoms with Gasteiger partial charge in [-0.2, -0.15) is 5.10 Å². The molecule has 6 heteroatoms. The molecule has 0 saturated heterocycles. The summed E-state index contributed by atoms with van der Waals surface area (Å²) in [4.78, 5) is 12.6. The lowest BCUT2D eigenvalue weighted by atomic mass is 10.1. The summed E-state index contributed by atoms with van der Waals surface area (Å²) in [6.07, 6.45) is 6.35. The van der Waals surface area contributed by atoms with Crippen molar-refractivity contribution in [3.63, 3.8) is 0 Å². The third-order valence-corrected chi connectivity index (χ3v) is 4.75. The number of amides is 1. The van der Waals surface area contributed by atoms with Crippen LogP contribution >= 0.6 is 0 Å². The Morgan fingerprint density at radius 3 is 2.84 bits per heavy atom. The van der Waals surface area contributed by atoms with Gasteiger partial charge < -0.3 is 15.2 Å². The van der Waals surface area contributed by atoms with Crippen molar-refractivity contribution < 1.29 is 14.6 Å². The predicted octanol–water partition coefficient (Wildman–Crippen LogP) is 3.45. The number of aliphatic hydroxyl groups excluding tert-OH is 1. The Morgan fingerprint density at radius 2 is 2.16 bits per heavy atom. The van der Waals surface area contributed by atoms with Crippen LogP contribution in [0, 0.1) is 6.92 Å². The van der Waals surface area contributed by atoms with E-state index in [9.17, 15) is 9.90 Å². The van der Waals surface area contributed by atoms with Crippen LogP contribution in [0.4, 0.5) is 5.69 Å². The molecule has 1 heterocycles. The lowest BCUT2D eigenvalue weighted by molar-refractivity contribution is 0.102.